The van der Waals surface area contributed by atoms with Crippen LogP contribution in [0.15, 0.2) is 21.0 Å². The first-order valence-corrected chi connectivity index (χ1v) is 9.38. The van der Waals surface area contributed by atoms with Crippen molar-refractivity contribution in [1.29, 1.82) is 0 Å². The first-order chi connectivity index (χ1) is 10.1. The highest BCUT2D eigenvalue weighted by molar-refractivity contribution is 9.10. The maximum absolute atomic E-state index is 12.7. The van der Waals surface area contributed by atoms with Crippen molar-refractivity contribution in [3.8, 4) is 0 Å². The third-order valence-electron chi connectivity index (χ3n) is 5.47. The molecule has 0 aromatic carbocycles. The van der Waals surface area contributed by atoms with Crippen LogP contribution in [-0.4, -0.2) is 12.1 Å². The summed E-state index contributed by atoms with van der Waals surface area (Å²) in [6, 6.07) is 2.01. The third kappa shape index (κ3) is 2.59. The first-order valence-electron chi connectivity index (χ1n) is 7.70. The second-order valence-electron chi connectivity index (χ2n) is 7.06. The van der Waals surface area contributed by atoms with E-state index in [4.69, 9.17) is 0 Å². The molecule has 0 spiro atoms. The molecule has 4 aliphatic carbocycles. The summed E-state index contributed by atoms with van der Waals surface area (Å²) in [5.74, 6) is 2.53. The summed E-state index contributed by atoms with van der Waals surface area (Å²) in [6.07, 6.45) is 9.09. The molecule has 1 aromatic rings. The van der Waals surface area contributed by atoms with Crippen LogP contribution in [-0.2, 0) is 4.79 Å². The van der Waals surface area contributed by atoms with Gasteiger partial charge in [-0.1, -0.05) is 0 Å². The summed E-state index contributed by atoms with van der Waals surface area (Å²) in [5, 5.41) is 6.19. The van der Waals surface area contributed by atoms with Crippen LogP contribution in [0.4, 0.5) is 0 Å². The van der Waals surface area contributed by atoms with Crippen molar-refractivity contribution in [3.05, 3.63) is 20.8 Å². The van der Waals surface area contributed by atoms with E-state index < -0.39 is 0 Å². The predicted octanol–water partition coefficient (Wildman–Crippen LogP) is 4.18. The Bertz CT molecular complexity index is 560. The van der Waals surface area contributed by atoms with Crippen molar-refractivity contribution in [2.24, 2.45) is 28.3 Å². The minimum atomic E-state index is -0.109. The van der Waals surface area contributed by atoms with E-state index in [2.05, 4.69) is 26.5 Å². The number of hydrogen-bond donors (Lipinski definition) is 1. The lowest BCUT2D eigenvalue weighted by molar-refractivity contribution is -0.146. The van der Waals surface area contributed by atoms with Crippen LogP contribution in [0.3, 0.4) is 0 Å². The van der Waals surface area contributed by atoms with Crippen LogP contribution >= 0.6 is 27.3 Å². The highest BCUT2D eigenvalue weighted by atomic mass is 79.9. The fourth-order valence-corrected chi connectivity index (χ4v) is 6.36. The van der Waals surface area contributed by atoms with Crippen LogP contribution in [0.2, 0.25) is 0 Å². The standard InChI is InChI=1S/C16H19BrN2OS/c17-13-4-14(21-9-13)8-18-19-15(20)16-5-10-1-11(6-16)3-12(2-10)7-16/h4,8-12H,1-3,5-7H2,(H,19,20). The summed E-state index contributed by atoms with van der Waals surface area (Å²) in [5.41, 5.74) is 2.71. The summed E-state index contributed by atoms with van der Waals surface area (Å²) in [4.78, 5) is 13.7. The van der Waals surface area contributed by atoms with Gasteiger partial charge < -0.3 is 0 Å². The molecule has 0 radical (unpaired) electrons. The normalized spacial score (nSPS) is 37.3. The van der Waals surface area contributed by atoms with Crippen molar-refractivity contribution in [2.45, 2.75) is 38.5 Å². The lowest BCUT2D eigenvalue weighted by Crippen LogP contribution is -2.52. The van der Waals surface area contributed by atoms with E-state index in [1.807, 2.05) is 11.4 Å². The van der Waals surface area contributed by atoms with E-state index in [-0.39, 0.29) is 11.3 Å². The molecule has 0 atom stereocenters. The van der Waals surface area contributed by atoms with E-state index >= 15 is 0 Å². The van der Waals surface area contributed by atoms with Gasteiger partial charge in [-0.3, -0.25) is 4.79 Å². The van der Waals surface area contributed by atoms with Gasteiger partial charge >= 0.3 is 0 Å². The molecule has 0 aliphatic heterocycles. The molecular formula is C16H19BrN2OS. The van der Waals surface area contributed by atoms with Gasteiger partial charge in [-0.2, -0.15) is 5.10 Å². The SMILES string of the molecule is O=C(NN=Cc1cc(Br)cs1)C12CC3CC(CC(C3)C1)C2. The number of thiophene rings is 1. The summed E-state index contributed by atoms with van der Waals surface area (Å²) in [7, 11) is 0. The summed E-state index contributed by atoms with van der Waals surface area (Å²) >= 11 is 5.04. The van der Waals surface area contributed by atoms with Crippen LogP contribution in [0.25, 0.3) is 0 Å². The minimum Gasteiger partial charge on any atom is -0.273 e. The maximum atomic E-state index is 12.7. The van der Waals surface area contributed by atoms with Crippen molar-refractivity contribution in [3.63, 3.8) is 0 Å². The lowest BCUT2D eigenvalue weighted by Gasteiger charge is -2.55. The van der Waals surface area contributed by atoms with Crippen LogP contribution in [0.5, 0.6) is 0 Å². The fourth-order valence-electron chi connectivity index (χ4n) is 5.06. The second-order valence-corrected chi connectivity index (χ2v) is 8.92. The molecule has 1 aromatic heterocycles. The number of amides is 1. The zero-order chi connectivity index (χ0) is 14.4. The smallest absolute Gasteiger partial charge is 0.246 e. The molecule has 21 heavy (non-hydrogen) atoms. The summed E-state index contributed by atoms with van der Waals surface area (Å²) in [6.45, 7) is 0. The summed E-state index contributed by atoms with van der Waals surface area (Å²) < 4.78 is 1.06. The second kappa shape index (κ2) is 5.20. The zero-order valence-corrected chi connectivity index (χ0v) is 14.3. The Labute approximate surface area is 137 Å². The monoisotopic (exact) mass is 366 g/mol. The van der Waals surface area contributed by atoms with Crippen molar-refractivity contribution < 1.29 is 4.79 Å². The number of hydrogen-bond acceptors (Lipinski definition) is 3. The number of rotatable bonds is 3. The molecule has 4 saturated carbocycles. The Hall–Kier alpha value is -0.680. The molecule has 1 amide bonds. The molecule has 5 heteroatoms. The maximum Gasteiger partial charge on any atom is 0.246 e. The van der Waals surface area contributed by atoms with Gasteiger partial charge in [0.15, 0.2) is 0 Å². The Morgan fingerprint density at radius 2 is 1.90 bits per heavy atom. The highest BCUT2D eigenvalue weighted by Crippen LogP contribution is 2.60. The molecule has 4 aliphatic rings. The highest BCUT2D eigenvalue weighted by Gasteiger charge is 2.54. The molecule has 1 N–H and O–H groups in total. The van der Waals surface area contributed by atoms with Gasteiger partial charge in [0.25, 0.3) is 0 Å². The van der Waals surface area contributed by atoms with Crippen LogP contribution in [0.1, 0.15) is 43.4 Å². The van der Waals surface area contributed by atoms with Gasteiger partial charge in [0, 0.05) is 14.7 Å². The zero-order valence-electron chi connectivity index (χ0n) is 11.8. The Balaban J connectivity index is 1.44. The Morgan fingerprint density at radius 3 is 2.43 bits per heavy atom. The topological polar surface area (TPSA) is 41.5 Å². The number of carbonyl (C=O) groups excluding carboxylic acids is 1. The Kier molecular flexibility index (Phi) is 3.45. The van der Waals surface area contributed by atoms with Gasteiger partial charge in [0.05, 0.1) is 11.6 Å². The molecule has 4 bridgehead atoms. The number of nitrogens with zero attached hydrogens (tertiary/aromatic N) is 1. The third-order valence-corrected chi connectivity index (χ3v) is 7.09. The Morgan fingerprint density at radius 1 is 1.29 bits per heavy atom. The molecular weight excluding hydrogens is 348 g/mol. The largest absolute Gasteiger partial charge is 0.273 e. The predicted molar refractivity (Wildman–Crippen MR) is 88.4 cm³/mol. The van der Waals surface area contributed by atoms with Gasteiger partial charge in [-0.05, 0) is 78.3 Å². The van der Waals surface area contributed by atoms with E-state index in [0.29, 0.717) is 0 Å². The lowest BCUT2D eigenvalue weighted by atomic mass is 9.49. The number of halogens is 1. The number of hydrazone groups is 1. The average molecular weight is 367 g/mol. The fraction of sp³-hybridized carbons (Fsp3) is 0.625. The molecule has 0 unspecified atom stereocenters. The van der Waals surface area contributed by atoms with Crippen LogP contribution < -0.4 is 5.43 Å². The van der Waals surface area contributed by atoms with Crippen LogP contribution in [0, 0.1) is 23.2 Å². The van der Waals surface area contributed by atoms with E-state index in [9.17, 15) is 4.79 Å². The molecule has 112 valence electrons. The quantitative estimate of drug-likeness (QED) is 0.632. The van der Waals surface area contributed by atoms with E-state index in [0.717, 1.165) is 46.4 Å². The van der Waals surface area contributed by atoms with Gasteiger partial charge in [0.2, 0.25) is 5.91 Å². The number of carbonyl (C=O) groups is 1. The van der Waals surface area contributed by atoms with Gasteiger partial charge in [-0.25, -0.2) is 5.43 Å². The molecule has 3 nitrogen and oxygen atoms in total. The van der Waals surface area contributed by atoms with Crippen molar-refractivity contribution in [1.82, 2.24) is 5.43 Å². The first kappa shape index (κ1) is 13.9. The van der Waals surface area contributed by atoms with Crippen molar-refractivity contribution in [2.75, 3.05) is 0 Å². The van der Waals surface area contributed by atoms with Gasteiger partial charge in [-0.15, -0.1) is 11.3 Å². The minimum absolute atomic E-state index is 0.109. The van der Waals surface area contributed by atoms with E-state index in [1.54, 1.807) is 17.6 Å². The molecule has 4 fully saturated rings. The average Bonchev–Trinajstić information content (AvgIpc) is 2.83. The molecule has 0 saturated heterocycles. The van der Waals surface area contributed by atoms with Crippen molar-refractivity contribution >= 4 is 39.4 Å². The van der Waals surface area contributed by atoms with E-state index in [1.165, 1.54) is 19.3 Å². The van der Waals surface area contributed by atoms with Gasteiger partial charge in [0.1, 0.15) is 0 Å². The molecule has 1 heterocycles. The molecule has 5 rings (SSSR count). The number of nitrogens with one attached hydrogen (secondary N) is 1.